The number of hydrogen-bond acceptors (Lipinski definition) is 2. The van der Waals surface area contributed by atoms with E-state index in [1.807, 2.05) is 4.90 Å². The van der Waals surface area contributed by atoms with Gasteiger partial charge < -0.3 is 10.2 Å². The van der Waals surface area contributed by atoms with Crippen molar-refractivity contribution in [2.24, 2.45) is 0 Å². The van der Waals surface area contributed by atoms with Crippen LogP contribution in [0, 0.1) is 11.6 Å². The zero-order chi connectivity index (χ0) is 21.6. The van der Waals surface area contributed by atoms with E-state index in [9.17, 15) is 13.6 Å². The minimum atomic E-state index is -0.276. The van der Waals surface area contributed by atoms with Gasteiger partial charge in [-0.25, -0.2) is 13.6 Å². The summed E-state index contributed by atoms with van der Waals surface area (Å²) in [5.74, 6) is -0.553. The number of benzene rings is 2. The van der Waals surface area contributed by atoms with E-state index >= 15 is 0 Å². The van der Waals surface area contributed by atoms with E-state index in [-0.39, 0.29) is 23.7 Å². The predicted molar refractivity (Wildman–Crippen MR) is 118 cm³/mol. The normalized spacial score (nSPS) is 18.7. The quantitative estimate of drug-likeness (QED) is 0.689. The summed E-state index contributed by atoms with van der Waals surface area (Å²) in [6, 6.07) is 13.2. The molecule has 1 aliphatic carbocycles. The highest BCUT2D eigenvalue weighted by atomic mass is 19.1. The molecule has 31 heavy (non-hydrogen) atoms. The molecule has 2 aliphatic rings. The lowest BCUT2D eigenvalue weighted by Crippen LogP contribution is -2.54. The van der Waals surface area contributed by atoms with Gasteiger partial charge in [-0.3, -0.25) is 4.90 Å². The number of amides is 2. The summed E-state index contributed by atoms with van der Waals surface area (Å²) in [6.07, 6.45) is 7.05. The van der Waals surface area contributed by atoms with Crippen LogP contribution in [0.15, 0.2) is 48.5 Å². The Balaban J connectivity index is 1.43. The summed E-state index contributed by atoms with van der Waals surface area (Å²) < 4.78 is 27.0. The van der Waals surface area contributed by atoms with E-state index in [4.69, 9.17) is 0 Å². The molecule has 2 amide bonds. The summed E-state index contributed by atoms with van der Waals surface area (Å²) in [7, 11) is 0. The lowest BCUT2D eigenvalue weighted by molar-refractivity contribution is 0.118. The van der Waals surface area contributed by atoms with E-state index in [0.717, 1.165) is 24.0 Å². The molecule has 4 rings (SSSR count). The Bertz CT molecular complexity index is 795. The van der Waals surface area contributed by atoms with Gasteiger partial charge in [0.25, 0.3) is 0 Å². The third-order valence-corrected chi connectivity index (χ3v) is 6.52. The van der Waals surface area contributed by atoms with Gasteiger partial charge in [0.1, 0.15) is 11.6 Å². The maximum atomic E-state index is 13.5. The first-order valence-electron chi connectivity index (χ1n) is 11.4. The van der Waals surface area contributed by atoms with Crippen molar-refractivity contribution in [2.75, 3.05) is 26.2 Å². The molecule has 2 fully saturated rings. The van der Waals surface area contributed by atoms with Gasteiger partial charge >= 0.3 is 6.03 Å². The maximum Gasteiger partial charge on any atom is 0.317 e. The fourth-order valence-corrected chi connectivity index (χ4v) is 4.78. The molecule has 6 heteroatoms. The molecule has 4 nitrogen and oxygen atoms in total. The van der Waals surface area contributed by atoms with Gasteiger partial charge in [-0.15, -0.1) is 0 Å². The lowest BCUT2D eigenvalue weighted by atomic mass is 9.96. The van der Waals surface area contributed by atoms with E-state index in [1.165, 1.54) is 49.9 Å². The minimum Gasteiger partial charge on any atom is -0.335 e. The molecular formula is C25H31F2N3O. The van der Waals surface area contributed by atoms with Crippen LogP contribution < -0.4 is 5.32 Å². The first kappa shape index (κ1) is 21.8. The number of halogens is 2. The Hall–Kier alpha value is -2.47. The first-order valence-corrected chi connectivity index (χ1v) is 11.4. The van der Waals surface area contributed by atoms with Crippen LogP contribution in [-0.2, 0) is 0 Å². The monoisotopic (exact) mass is 427 g/mol. The summed E-state index contributed by atoms with van der Waals surface area (Å²) in [6.45, 7) is 2.68. The summed E-state index contributed by atoms with van der Waals surface area (Å²) in [4.78, 5) is 17.0. The van der Waals surface area contributed by atoms with Crippen molar-refractivity contribution in [1.29, 1.82) is 0 Å². The molecule has 166 valence electrons. The molecule has 0 unspecified atom stereocenters. The molecule has 1 saturated heterocycles. The average Bonchev–Trinajstić information content (AvgIpc) is 3.06. The molecule has 1 N–H and O–H groups in total. The van der Waals surface area contributed by atoms with Crippen LogP contribution in [-0.4, -0.2) is 48.1 Å². The molecule has 0 radical (unpaired) electrons. The van der Waals surface area contributed by atoms with Gasteiger partial charge in [-0.2, -0.15) is 0 Å². The number of urea groups is 1. The Morgan fingerprint density at radius 1 is 0.774 bits per heavy atom. The van der Waals surface area contributed by atoms with Gasteiger partial charge in [0.2, 0.25) is 0 Å². The summed E-state index contributed by atoms with van der Waals surface area (Å²) >= 11 is 0. The van der Waals surface area contributed by atoms with Crippen LogP contribution >= 0.6 is 0 Å². The number of carbonyl (C=O) groups excluding carboxylic acids is 1. The molecule has 2 aromatic carbocycles. The second-order valence-electron chi connectivity index (χ2n) is 8.67. The number of rotatable bonds is 4. The second kappa shape index (κ2) is 10.2. The van der Waals surface area contributed by atoms with E-state index in [1.54, 1.807) is 24.3 Å². The van der Waals surface area contributed by atoms with Gasteiger partial charge in [-0.1, -0.05) is 49.9 Å². The third-order valence-electron chi connectivity index (χ3n) is 6.52. The van der Waals surface area contributed by atoms with Crippen molar-refractivity contribution < 1.29 is 13.6 Å². The Labute approximate surface area is 183 Å². The van der Waals surface area contributed by atoms with Crippen LogP contribution in [0.5, 0.6) is 0 Å². The van der Waals surface area contributed by atoms with Crippen molar-refractivity contribution in [3.63, 3.8) is 0 Å². The average molecular weight is 428 g/mol. The van der Waals surface area contributed by atoms with E-state index in [0.29, 0.717) is 32.2 Å². The Morgan fingerprint density at radius 3 is 1.74 bits per heavy atom. The van der Waals surface area contributed by atoms with Crippen LogP contribution in [0.25, 0.3) is 0 Å². The highest BCUT2D eigenvalue weighted by Gasteiger charge is 2.29. The Morgan fingerprint density at radius 2 is 1.26 bits per heavy atom. The largest absolute Gasteiger partial charge is 0.335 e. The molecule has 0 bridgehead atoms. The molecule has 1 saturated carbocycles. The first-order chi connectivity index (χ1) is 15.1. The molecule has 0 aromatic heterocycles. The third kappa shape index (κ3) is 5.62. The minimum absolute atomic E-state index is 0.0339. The Kier molecular flexibility index (Phi) is 7.17. The second-order valence-corrected chi connectivity index (χ2v) is 8.67. The summed E-state index contributed by atoms with van der Waals surface area (Å²) in [5.41, 5.74) is 1.92. The topological polar surface area (TPSA) is 35.6 Å². The highest BCUT2D eigenvalue weighted by Crippen LogP contribution is 2.30. The maximum absolute atomic E-state index is 13.5. The lowest BCUT2D eigenvalue weighted by Gasteiger charge is -2.40. The van der Waals surface area contributed by atoms with Crippen molar-refractivity contribution >= 4 is 6.03 Å². The molecule has 2 aromatic rings. The summed E-state index contributed by atoms with van der Waals surface area (Å²) in [5, 5.41) is 3.23. The van der Waals surface area contributed by atoms with Gasteiger partial charge in [0.05, 0.1) is 6.04 Å². The molecule has 0 atom stereocenters. The molecule has 1 heterocycles. The van der Waals surface area contributed by atoms with Crippen LogP contribution in [0.4, 0.5) is 13.6 Å². The van der Waals surface area contributed by atoms with E-state index in [2.05, 4.69) is 10.2 Å². The van der Waals surface area contributed by atoms with Crippen LogP contribution in [0.1, 0.15) is 55.7 Å². The predicted octanol–water partition coefficient (Wildman–Crippen LogP) is 5.10. The smallest absolute Gasteiger partial charge is 0.317 e. The molecular weight excluding hydrogens is 396 g/mol. The fourth-order valence-electron chi connectivity index (χ4n) is 4.78. The van der Waals surface area contributed by atoms with Crippen molar-refractivity contribution in [3.8, 4) is 0 Å². The number of piperazine rings is 1. The molecule has 0 spiro atoms. The number of carbonyl (C=O) groups is 1. The van der Waals surface area contributed by atoms with Gasteiger partial charge in [-0.05, 0) is 48.2 Å². The van der Waals surface area contributed by atoms with Crippen LogP contribution in [0.3, 0.4) is 0 Å². The highest BCUT2D eigenvalue weighted by molar-refractivity contribution is 5.74. The molecule has 1 aliphatic heterocycles. The SMILES string of the molecule is O=C(NC1CCCCCC1)N1CCN(C(c2ccc(F)cc2)c2ccc(F)cc2)CC1. The standard InChI is InChI=1S/C25H31F2N3O/c26-21-11-7-19(8-12-21)24(20-9-13-22(27)14-10-20)29-15-17-30(18-16-29)25(31)28-23-5-3-1-2-4-6-23/h7-14,23-24H,1-6,15-18H2,(H,28,31). The zero-order valence-electron chi connectivity index (χ0n) is 17.9. The van der Waals surface area contributed by atoms with Gasteiger partial charge in [0, 0.05) is 32.2 Å². The number of hydrogen-bond donors (Lipinski definition) is 1. The van der Waals surface area contributed by atoms with Gasteiger partial charge in [0.15, 0.2) is 0 Å². The van der Waals surface area contributed by atoms with Crippen molar-refractivity contribution in [3.05, 3.63) is 71.3 Å². The van der Waals surface area contributed by atoms with Crippen LogP contribution in [0.2, 0.25) is 0 Å². The van der Waals surface area contributed by atoms with Crippen molar-refractivity contribution in [1.82, 2.24) is 15.1 Å². The zero-order valence-corrected chi connectivity index (χ0v) is 17.9. The number of nitrogens with one attached hydrogen (secondary N) is 1. The van der Waals surface area contributed by atoms with E-state index < -0.39 is 0 Å². The fraction of sp³-hybridized carbons (Fsp3) is 0.480. The number of nitrogens with zero attached hydrogens (tertiary/aromatic N) is 2. The van der Waals surface area contributed by atoms with Crippen molar-refractivity contribution in [2.45, 2.75) is 50.6 Å².